The molecule has 0 aromatic carbocycles. The average Bonchev–Trinajstić information content (AvgIpc) is 2.46. The molecule has 0 radical (unpaired) electrons. The molecule has 0 bridgehead atoms. The van der Waals surface area contributed by atoms with Gasteiger partial charge >= 0.3 is 11.8 Å². The van der Waals surface area contributed by atoms with E-state index in [0.29, 0.717) is 13.1 Å². The lowest BCUT2D eigenvalue weighted by Crippen LogP contribution is -2.54. The summed E-state index contributed by atoms with van der Waals surface area (Å²) in [6.45, 7) is 4.79. The van der Waals surface area contributed by atoms with Crippen LogP contribution in [0.25, 0.3) is 0 Å². The average molecular weight is 268 g/mol. The van der Waals surface area contributed by atoms with E-state index in [1.165, 1.54) is 0 Å². The number of rotatable bonds is 1. The molecule has 2 aliphatic heterocycles. The molecule has 108 valence electrons. The Labute approximate surface area is 114 Å². The van der Waals surface area contributed by atoms with E-state index in [-0.39, 0.29) is 17.9 Å². The molecular weight excluding hydrogens is 244 g/mol. The molecule has 0 unspecified atom stereocenters. The second kappa shape index (κ2) is 6.34. The van der Waals surface area contributed by atoms with Crippen LogP contribution in [0.5, 0.6) is 0 Å². The highest BCUT2D eigenvalue weighted by atomic mass is 16.2. The van der Waals surface area contributed by atoms with Gasteiger partial charge in [-0.3, -0.25) is 9.59 Å². The number of amides is 2. The van der Waals surface area contributed by atoms with Gasteiger partial charge in [0.2, 0.25) is 0 Å². The van der Waals surface area contributed by atoms with E-state index in [4.69, 9.17) is 0 Å². The molecule has 2 amide bonds. The van der Waals surface area contributed by atoms with Crippen molar-refractivity contribution in [1.29, 1.82) is 0 Å². The summed E-state index contributed by atoms with van der Waals surface area (Å²) in [5.74, 6) is -0.695. The Morgan fingerprint density at radius 2 is 1.68 bits per heavy atom. The van der Waals surface area contributed by atoms with E-state index in [0.717, 1.165) is 39.0 Å². The van der Waals surface area contributed by atoms with E-state index in [9.17, 15) is 9.59 Å². The maximum absolute atomic E-state index is 12.2. The van der Waals surface area contributed by atoms with Crippen LogP contribution in [0, 0.1) is 0 Å². The van der Waals surface area contributed by atoms with Crippen LogP contribution in [0.4, 0.5) is 0 Å². The number of piperidine rings is 1. The number of likely N-dealkylation sites (N-methyl/N-ethyl adjacent to an activating group) is 1. The molecule has 0 spiro atoms. The van der Waals surface area contributed by atoms with Crippen molar-refractivity contribution in [2.24, 2.45) is 0 Å². The topological polar surface area (TPSA) is 55.9 Å². The lowest BCUT2D eigenvalue weighted by atomic mass is 10.0. The normalized spacial score (nSPS) is 22.3. The third-order valence-corrected chi connectivity index (χ3v) is 4.14. The van der Waals surface area contributed by atoms with Gasteiger partial charge in [-0.15, -0.1) is 0 Å². The third-order valence-electron chi connectivity index (χ3n) is 4.14. The summed E-state index contributed by atoms with van der Waals surface area (Å²) >= 11 is 0. The smallest absolute Gasteiger partial charge is 0.312 e. The summed E-state index contributed by atoms with van der Waals surface area (Å²) in [6.07, 6.45) is 1.90. The van der Waals surface area contributed by atoms with Gasteiger partial charge in [-0.2, -0.15) is 0 Å². The van der Waals surface area contributed by atoms with Gasteiger partial charge in [-0.05, 0) is 33.0 Å². The second-order valence-corrected chi connectivity index (χ2v) is 5.49. The summed E-state index contributed by atoms with van der Waals surface area (Å²) in [7, 11) is 3.85. The summed E-state index contributed by atoms with van der Waals surface area (Å²) in [6, 6.07) is 0.204. The van der Waals surface area contributed by atoms with Crippen molar-refractivity contribution in [3.05, 3.63) is 0 Å². The first-order valence-electron chi connectivity index (χ1n) is 7.05. The molecule has 19 heavy (non-hydrogen) atoms. The first-order chi connectivity index (χ1) is 9.09. The Balaban J connectivity index is 1.88. The summed E-state index contributed by atoms with van der Waals surface area (Å²) in [4.78, 5) is 29.9. The standard InChI is InChI=1S/C13H24N4O2/c1-15-7-3-11(4-8-15)16(2)12(18)13(19)17-9-5-14-6-10-17/h11,14H,3-10H2,1-2H3. The number of likely N-dealkylation sites (tertiary alicyclic amines) is 1. The number of nitrogens with one attached hydrogen (secondary N) is 1. The van der Waals surface area contributed by atoms with Crippen molar-refractivity contribution < 1.29 is 9.59 Å². The number of piperazine rings is 1. The minimum atomic E-state index is -0.351. The predicted octanol–water partition coefficient (Wildman–Crippen LogP) is -1.03. The maximum Gasteiger partial charge on any atom is 0.312 e. The van der Waals surface area contributed by atoms with Crippen molar-refractivity contribution in [2.75, 3.05) is 53.4 Å². The first kappa shape index (κ1) is 14.3. The van der Waals surface area contributed by atoms with Gasteiger partial charge in [0.25, 0.3) is 0 Å². The fraction of sp³-hybridized carbons (Fsp3) is 0.846. The van der Waals surface area contributed by atoms with E-state index >= 15 is 0 Å². The molecule has 0 aliphatic carbocycles. The van der Waals surface area contributed by atoms with E-state index in [2.05, 4.69) is 17.3 Å². The van der Waals surface area contributed by atoms with Crippen molar-refractivity contribution in [3.63, 3.8) is 0 Å². The molecule has 2 saturated heterocycles. The van der Waals surface area contributed by atoms with E-state index in [1.54, 1.807) is 16.8 Å². The van der Waals surface area contributed by atoms with Gasteiger partial charge in [0.15, 0.2) is 0 Å². The molecule has 0 saturated carbocycles. The number of hydrogen-bond donors (Lipinski definition) is 1. The lowest BCUT2D eigenvalue weighted by molar-refractivity contribution is -0.153. The van der Waals surface area contributed by atoms with Gasteiger partial charge in [-0.1, -0.05) is 0 Å². The highest BCUT2D eigenvalue weighted by Crippen LogP contribution is 2.14. The molecular formula is C13H24N4O2. The third kappa shape index (κ3) is 3.45. The molecule has 1 N–H and O–H groups in total. The monoisotopic (exact) mass is 268 g/mol. The quantitative estimate of drug-likeness (QED) is 0.618. The van der Waals surface area contributed by atoms with Gasteiger partial charge < -0.3 is 20.0 Å². The summed E-state index contributed by atoms with van der Waals surface area (Å²) in [5.41, 5.74) is 0. The maximum atomic E-state index is 12.2. The molecule has 0 aromatic rings. The van der Waals surface area contributed by atoms with Crippen molar-refractivity contribution in [3.8, 4) is 0 Å². The highest BCUT2D eigenvalue weighted by Gasteiger charge is 2.31. The fourth-order valence-electron chi connectivity index (χ4n) is 2.70. The lowest BCUT2D eigenvalue weighted by Gasteiger charge is -2.36. The molecule has 0 atom stereocenters. The molecule has 6 heteroatoms. The van der Waals surface area contributed by atoms with E-state index in [1.807, 2.05) is 0 Å². The number of carbonyl (C=O) groups is 2. The van der Waals surface area contributed by atoms with Crippen LogP contribution in [0.15, 0.2) is 0 Å². The minimum absolute atomic E-state index is 0.204. The Hall–Kier alpha value is -1.14. The molecule has 0 aromatic heterocycles. The number of hydrogen-bond acceptors (Lipinski definition) is 4. The predicted molar refractivity (Wildman–Crippen MR) is 72.7 cm³/mol. The fourth-order valence-corrected chi connectivity index (χ4v) is 2.70. The first-order valence-corrected chi connectivity index (χ1v) is 7.05. The largest absolute Gasteiger partial charge is 0.334 e. The minimum Gasteiger partial charge on any atom is -0.334 e. The van der Waals surface area contributed by atoms with Crippen LogP contribution >= 0.6 is 0 Å². The van der Waals surface area contributed by atoms with Crippen molar-refractivity contribution in [2.45, 2.75) is 18.9 Å². The molecule has 6 nitrogen and oxygen atoms in total. The van der Waals surface area contributed by atoms with Gasteiger partial charge in [-0.25, -0.2) is 0 Å². The zero-order valence-corrected chi connectivity index (χ0v) is 11.9. The van der Waals surface area contributed by atoms with Crippen LogP contribution in [0.2, 0.25) is 0 Å². The Morgan fingerprint density at radius 3 is 2.26 bits per heavy atom. The van der Waals surface area contributed by atoms with Crippen molar-refractivity contribution >= 4 is 11.8 Å². The van der Waals surface area contributed by atoms with Crippen LogP contribution in [0.3, 0.4) is 0 Å². The van der Waals surface area contributed by atoms with Gasteiger partial charge in [0.05, 0.1) is 0 Å². The highest BCUT2D eigenvalue weighted by molar-refractivity contribution is 6.34. The van der Waals surface area contributed by atoms with Crippen molar-refractivity contribution in [1.82, 2.24) is 20.0 Å². The second-order valence-electron chi connectivity index (χ2n) is 5.49. The zero-order chi connectivity index (χ0) is 13.8. The molecule has 2 fully saturated rings. The number of carbonyl (C=O) groups excluding carboxylic acids is 2. The van der Waals surface area contributed by atoms with Crippen LogP contribution in [0.1, 0.15) is 12.8 Å². The molecule has 2 aliphatic rings. The Morgan fingerprint density at radius 1 is 1.11 bits per heavy atom. The molecule has 2 rings (SSSR count). The SMILES string of the molecule is CN1CCC(N(C)C(=O)C(=O)N2CCNCC2)CC1. The summed E-state index contributed by atoms with van der Waals surface area (Å²) in [5, 5.41) is 3.18. The van der Waals surface area contributed by atoms with Crippen LogP contribution < -0.4 is 5.32 Å². The zero-order valence-electron chi connectivity index (χ0n) is 11.9. The Bertz CT molecular complexity index is 334. The van der Waals surface area contributed by atoms with E-state index < -0.39 is 0 Å². The number of nitrogens with zero attached hydrogens (tertiary/aromatic N) is 3. The summed E-state index contributed by atoms with van der Waals surface area (Å²) < 4.78 is 0. The molecule has 2 heterocycles. The Kier molecular flexibility index (Phi) is 4.76. The van der Waals surface area contributed by atoms with Gasteiger partial charge in [0, 0.05) is 39.3 Å². The van der Waals surface area contributed by atoms with Crippen LogP contribution in [-0.4, -0.2) is 85.9 Å². The van der Waals surface area contributed by atoms with Crippen LogP contribution in [-0.2, 0) is 9.59 Å². The van der Waals surface area contributed by atoms with Gasteiger partial charge in [0.1, 0.15) is 0 Å².